The van der Waals surface area contributed by atoms with Crippen LogP contribution in [0.1, 0.15) is 46.6 Å². The van der Waals surface area contributed by atoms with Gasteiger partial charge in [0.1, 0.15) is 0 Å². The van der Waals surface area contributed by atoms with Crippen LogP contribution in [0.15, 0.2) is 24.3 Å². The van der Waals surface area contributed by atoms with Gasteiger partial charge in [-0.3, -0.25) is 9.59 Å². The van der Waals surface area contributed by atoms with E-state index in [0.717, 1.165) is 12.0 Å². The Kier molecular flexibility index (Phi) is 6.37. The highest BCUT2D eigenvalue weighted by Gasteiger charge is 2.41. The molecule has 0 aromatic heterocycles. The molecule has 1 aromatic rings. The number of benzene rings is 1. The fourth-order valence-corrected chi connectivity index (χ4v) is 3.18. The molecule has 0 bridgehead atoms. The number of aliphatic carboxylic acids is 1. The van der Waals surface area contributed by atoms with Gasteiger partial charge < -0.3 is 10.4 Å². The van der Waals surface area contributed by atoms with Crippen LogP contribution >= 0.6 is 0 Å². The number of hydrogen-bond acceptors (Lipinski definition) is 2. The van der Waals surface area contributed by atoms with E-state index in [1.807, 2.05) is 38.1 Å². The van der Waals surface area contributed by atoms with Gasteiger partial charge in [-0.15, -0.1) is 0 Å². The fraction of sp³-hybridized carbons (Fsp3) is 0.579. The summed E-state index contributed by atoms with van der Waals surface area (Å²) in [5, 5.41) is 12.3. The zero-order chi connectivity index (χ0) is 17.8. The Balaban J connectivity index is 3.10. The van der Waals surface area contributed by atoms with Crippen molar-refractivity contribution >= 4 is 17.6 Å². The van der Waals surface area contributed by atoms with E-state index in [4.69, 9.17) is 0 Å². The molecule has 23 heavy (non-hydrogen) atoms. The maximum atomic E-state index is 12.8. The lowest BCUT2D eigenvalue weighted by Crippen LogP contribution is -2.42. The minimum atomic E-state index is -0.934. The highest BCUT2D eigenvalue weighted by Crippen LogP contribution is 2.39. The Labute approximate surface area is 139 Å². The molecule has 0 fully saturated rings. The largest absolute Gasteiger partial charge is 0.481 e. The Morgan fingerprint density at radius 2 is 1.70 bits per heavy atom. The molecule has 0 aliphatic carbocycles. The third-order valence-electron chi connectivity index (χ3n) is 4.54. The molecule has 3 unspecified atom stereocenters. The molecule has 128 valence electrons. The van der Waals surface area contributed by atoms with Gasteiger partial charge in [0.05, 0.1) is 11.8 Å². The molecular weight excluding hydrogens is 290 g/mol. The second-order valence-electron chi connectivity index (χ2n) is 7.39. The van der Waals surface area contributed by atoms with Crippen LogP contribution in [-0.4, -0.2) is 17.0 Å². The average Bonchev–Trinajstić information content (AvgIpc) is 2.44. The van der Waals surface area contributed by atoms with E-state index in [2.05, 4.69) is 26.1 Å². The van der Waals surface area contributed by atoms with Crippen molar-refractivity contribution in [3.63, 3.8) is 0 Å². The quantitative estimate of drug-likeness (QED) is 0.819. The first-order chi connectivity index (χ1) is 10.6. The van der Waals surface area contributed by atoms with Gasteiger partial charge in [-0.1, -0.05) is 58.7 Å². The minimum Gasteiger partial charge on any atom is -0.481 e. The molecule has 1 rings (SSSR count). The normalized spacial score (nSPS) is 15.6. The van der Waals surface area contributed by atoms with Gasteiger partial charge in [-0.2, -0.15) is 0 Å². The summed E-state index contributed by atoms with van der Waals surface area (Å²) in [6.45, 7) is 11.8. The van der Waals surface area contributed by atoms with Gasteiger partial charge in [0.15, 0.2) is 0 Å². The second-order valence-corrected chi connectivity index (χ2v) is 7.39. The summed E-state index contributed by atoms with van der Waals surface area (Å²) in [5.74, 6) is -2.47. The number of amides is 1. The van der Waals surface area contributed by atoms with Crippen molar-refractivity contribution in [3.8, 4) is 0 Å². The summed E-state index contributed by atoms with van der Waals surface area (Å²) in [5.41, 5.74) is 1.67. The summed E-state index contributed by atoms with van der Waals surface area (Å²) in [7, 11) is 0. The number of carboxylic acids is 1. The van der Waals surface area contributed by atoms with E-state index in [1.54, 1.807) is 6.92 Å². The monoisotopic (exact) mass is 319 g/mol. The third kappa shape index (κ3) is 5.08. The number of rotatable bonds is 6. The topological polar surface area (TPSA) is 66.4 Å². The molecule has 1 amide bonds. The predicted molar refractivity (Wildman–Crippen MR) is 93.3 cm³/mol. The molecule has 0 spiro atoms. The summed E-state index contributed by atoms with van der Waals surface area (Å²) < 4.78 is 0. The van der Waals surface area contributed by atoms with E-state index in [1.165, 1.54) is 0 Å². The molecule has 2 N–H and O–H groups in total. The molecule has 0 radical (unpaired) electrons. The lowest BCUT2D eigenvalue weighted by Gasteiger charge is -2.37. The Morgan fingerprint density at radius 1 is 1.17 bits per heavy atom. The summed E-state index contributed by atoms with van der Waals surface area (Å²) in [6, 6.07) is 7.53. The number of hydrogen-bond donors (Lipinski definition) is 2. The number of carbonyl (C=O) groups is 2. The average molecular weight is 319 g/mol. The number of nitrogens with one attached hydrogen (secondary N) is 1. The van der Waals surface area contributed by atoms with Crippen LogP contribution in [0, 0.1) is 30.1 Å². The second kappa shape index (κ2) is 7.62. The van der Waals surface area contributed by atoms with Crippen LogP contribution in [0.3, 0.4) is 0 Å². The maximum absolute atomic E-state index is 12.8. The standard InChI is InChI=1S/C19H29NO3/c1-7-15(19(4,5)6)16(13(3)18(22)23)17(21)20-14-10-8-12(2)9-11-14/h8-11,13,15-16H,7H2,1-6H3,(H,20,21)(H,22,23). The van der Waals surface area contributed by atoms with Crippen molar-refractivity contribution in [2.45, 2.75) is 48.0 Å². The molecule has 0 saturated carbocycles. The maximum Gasteiger partial charge on any atom is 0.307 e. The van der Waals surface area contributed by atoms with Gasteiger partial charge >= 0.3 is 5.97 Å². The Bertz CT molecular complexity index is 543. The minimum absolute atomic E-state index is 0.0148. The molecule has 3 atom stereocenters. The molecular formula is C19H29NO3. The van der Waals surface area contributed by atoms with Gasteiger partial charge in [-0.25, -0.2) is 0 Å². The van der Waals surface area contributed by atoms with Crippen molar-refractivity contribution in [3.05, 3.63) is 29.8 Å². The van der Waals surface area contributed by atoms with Crippen molar-refractivity contribution < 1.29 is 14.7 Å². The highest BCUT2D eigenvalue weighted by atomic mass is 16.4. The Morgan fingerprint density at radius 3 is 2.09 bits per heavy atom. The van der Waals surface area contributed by atoms with Gasteiger partial charge in [0, 0.05) is 5.69 Å². The van der Waals surface area contributed by atoms with Crippen LogP contribution in [0.5, 0.6) is 0 Å². The molecule has 0 aliphatic rings. The zero-order valence-electron chi connectivity index (χ0n) is 15.0. The van der Waals surface area contributed by atoms with Crippen LogP contribution in [0.4, 0.5) is 5.69 Å². The van der Waals surface area contributed by atoms with Crippen LogP contribution in [-0.2, 0) is 9.59 Å². The van der Waals surface area contributed by atoms with Crippen molar-refractivity contribution in [2.24, 2.45) is 23.2 Å². The Hall–Kier alpha value is -1.84. The number of carboxylic acid groups (broad SMARTS) is 1. The number of carbonyl (C=O) groups excluding carboxylic acids is 1. The molecule has 0 heterocycles. The predicted octanol–water partition coefficient (Wildman–Crippen LogP) is 4.34. The fourth-order valence-electron chi connectivity index (χ4n) is 3.18. The van der Waals surface area contributed by atoms with Crippen LogP contribution < -0.4 is 5.32 Å². The highest BCUT2D eigenvalue weighted by molar-refractivity contribution is 5.95. The van der Waals surface area contributed by atoms with Crippen LogP contribution in [0.25, 0.3) is 0 Å². The van der Waals surface area contributed by atoms with E-state index >= 15 is 0 Å². The first kappa shape index (κ1) is 19.2. The smallest absolute Gasteiger partial charge is 0.307 e. The third-order valence-corrected chi connectivity index (χ3v) is 4.54. The first-order valence-corrected chi connectivity index (χ1v) is 8.18. The molecule has 0 saturated heterocycles. The van der Waals surface area contributed by atoms with Crippen LogP contribution in [0.2, 0.25) is 0 Å². The van der Waals surface area contributed by atoms with Crippen molar-refractivity contribution in [2.75, 3.05) is 5.32 Å². The summed E-state index contributed by atoms with van der Waals surface area (Å²) in [6.07, 6.45) is 0.757. The lowest BCUT2D eigenvalue weighted by atomic mass is 9.67. The van der Waals surface area contributed by atoms with Crippen molar-refractivity contribution in [1.29, 1.82) is 0 Å². The zero-order valence-corrected chi connectivity index (χ0v) is 15.0. The number of aryl methyl sites for hydroxylation is 1. The van der Waals surface area contributed by atoms with Gasteiger partial charge in [-0.05, 0) is 30.4 Å². The summed E-state index contributed by atoms with van der Waals surface area (Å²) >= 11 is 0. The van der Waals surface area contributed by atoms with Crippen molar-refractivity contribution in [1.82, 2.24) is 0 Å². The SMILES string of the molecule is CCC(C(C(=O)Nc1ccc(C)cc1)C(C)C(=O)O)C(C)(C)C. The van der Waals surface area contributed by atoms with E-state index in [-0.39, 0.29) is 17.2 Å². The van der Waals surface area contributed by atoms with Gasteiger partial charge in [0.2, 0.25) is 5.91 Å². The van der Waals surface area contributed by atoms with E-state index < -0.39 is 17.8 Å². The molecule has 4 nitrogen and oxygen atoms in total. The molecule has 0 aliphatic heterocycles. The molecule has 1 aromatic carbocycles. The summed E-state index contributed by atoms with van der Waals surface area (Å²) in [4.78, 5) is 24.3. The van der Waals surface area contributed by atoms with Gasteiger partial charge in [0.25, 0.3) is 0 Å². The lowest BCUT2D eigenvalue weighted by molar-refractivity contribution is -0.148. The van der Waals surface area contributed by atoms with E-state index in [9.17, 15) is 14.7 Å². The van der Waals surface area contributed by atoms with E-state index in [0.29, 0.717) is 5.69 Å². The molecule has 4 heteroatoms. The number of anilines is 1. The first-order valence-electron chi connectivity index (χ1n) is 8.18.